The van der Waals surface area contributed by atoms with E-state index >= 15 is 0 Å². The lowest BCUT2D eigenvalue weighted by Gasteiger charge is -2.08. The molecule has 0 atom stereocenters. The van der Waals surface area contributed by atoms with Gasteiger partial charge in [0.05, 0.1) is 10.6 Å². The van der Waals surface area contributed by atoms with Crippen molar-refractivity contribution in [2.24, 2.45) is 0 Å². The van der Waals surface area contributed by atoms with Crippen LogP contribution in [0.3, 0.4) is 0 Å². The fraction of sp³-hybridized carbons (Fsp3) is 0.286. The average molecular weight is 360 g/mol. The smallest absolute Gasteiger partial charge is 0.322 e. The van der Waals surface area contributed by atoms with Crippen molar-refractivity contribution in [1.29, 1.82) is 0 Å². The van der Waals surface area contributed by atoms with E-state index in [4.69, 9.17) is 0 Å². The summed E-state index contributed by atoms with van der Waals surface area (Å²) in [6, 6.07) is 3.94. The van der Waals surface area contributed by atoms with Crippen molar-refractivity contribution in [2.75, 3.05) is 5.32 Å². The number of benzene rings is 1. The summed E-state index contributed by atoms with van der Waals surface area (Å²) in [5, 5.41) is 16.2. The maximum Gasteiger partial charge on any atom is 0.442 e. The fourth-order valence-electron chi connectivity index (χ4n) is 2.16. The van der Waals surface area contributed by atoms with Crippen molar-refractivity contribution >= 4 is 17.3 Å². The Morgan fingerprint density at radius 1 is 1.36 bits per heavy atom. The first-order valence-electron chi connectivity index (χ1n) is 6.85. The number of carbonyl (C=O) groups is 1. The summed E-state index contributed by atoms with van der Waals surface area (Å²) < 4.78 is 52.7. The molecule has 25 heavy (non-hydrogen) atoms. The monoisotopic (exact) mass is 360 g/mol. The van der Waals surface area contributed by atoms with Gasteiger partial charge in [-0.3, -0.25) is 19.6 Å². The van der Waals surface area contributed by atoms with Crippen molar-refractivity contribution in [3.8, 4) is 0 Å². The van der Waals surface area contributed by atoms with Gasteiger partial charge in [-0.05, 0) is 31.5 Å². The third-order valence-corrected chi connectivity index (χ3v) is 3.32. The van der Waals surface area contributed by atoms with Crippen LogP contribution < -0.4 is 5.32 Å². The molecule has 7 nitrogen and oxygen atoms in total. The first kappa shape index (κ1) is 18.4. The molecule has 0 bridgehead atoms. The molecule has 1 N–H and O–H groups in total. The molecule has 0 saturated heterocycles. The zero-order chi connectivity index (χ0) is 18.9. The van der Waals surface area contributed by atoms with Gasteiger partial charge >= 0.3 is 11.9 Å². The Morgan fingerprint density at radius 3 is 2.52 bits per heavy atom. The predicted molar refractivity (Wildman–Crippen MR) is 78.4 cm³/mol. The Hall–Kier alpha value is -2.98. The molecule has 2 rings (SSSR count). The van der Waals surface area contributed by atoms with Crippen LogP contribution in [-0.4, -0.2) is 20.6 Å². The van der Waals surface area contributed by atoms with Crippen LogP contribution in [0.25, 0.3) is 0 Å². The van der Waals surface area contributed by atoms with Gasteiger partial charge in [0.2, 0.25) is 11.6 Å². The molecule has 2 aromatic rings. The number of nitro groups is 1. The van der Waals surface area contributed by atoms with E-state index < -0.39 is 46.4 Å². The molecule has 0 aliphatic heterocycles. The fourth-order valence-corrected chi connectivity index (χ4v) is 2.16. The van der Waals surface area contributed by atoms with Gasteiger partial charge in [-0.1, -0.05) is 6.07 Å². The first-order valence-corrected chi connectivity index (χ1v) is 6.85. The van der Waals surface area contributed by atoms with E-state index in [2.05, 4.69) is 10.4 Å². The zero-order valence-electron chi connectivity index (χ0n) is 13.0. The Labute approximate surface area is 138 Å². The molecule has 1 aromatic heterocycles. The van der Waals surface area contributed by atoms with Crippen LogP contribution in [0.1, 0.15) is 17.0 Å². The normalized spacial score (nSPS) is 11.4. The second kappa shape index (κ2) is 6.49. The van der Waals surface area contributed by atoms with E-state index in [9.17, 15) is 32.5 Å². The topological polar surface area (TPSA) is 90.1 Å². The van der Waals surface area contributed by atoms with Gasteiger partial charge < -0.3 is 5.32 Å². The number of aromatic nitrogens is 2. The number of aryl methyl sites for hydroxylation is 1. The summed E-state index contributed by atoms with van der Waals surface area (Å²) in [4.78, 5) is 21.6. The van der Waals surface area contributed by atoms with Gasteiger partial charge in [0.25, 0.3) is 0 Å². The van der Waals surface area contributed by atoms with Gasteiger partial charge in [0.1, 0.15) is 18.1 Å². The minimum Gasteiger partial charge on any atom is -0.322 e. The van der Waals surface area contributed by atoms with Gasteiger partial charge in [0.15, 0.2) is 0 Å². The van der Waals surface area contributed by atoms with Crippen LogP contribution in [0.4, 0.5) is 28.9 Å². The number of nitrogens with one attached hydrogen (secondary N) is 1. The summed E-state index contributed by atoms with van der Waals surface area (Å²) in [5.74, 6) is -1.60. The number of hydrogen-bond donors (Lipinski definition) is 1. The van der Waals surface area contributed by atoms with Crippen LogP contribution >= 0.6 is 0 Å². The lowest BCUT2D eigenvalue weighted by atomic mass is 10.2. The zero-order valence-corrected chi connectivity index (χ0v) is 13.0. The number of rotatable bonds is 4. The maximum atomic E-state index is 13.6. The highest BCUT2D eigenvalue weighted by Crippen LogP contribution is 2.36. The van der Waals surface area contributed by atoms with Crippen LogP contribution in [-0.2, 0) is 17.5 Å². The quantitative estimate of drug-likeness (QED) is 0.515. The number of hydrogen-bond acceptors (Lipinski definition) is 4. The van der Waals surface area contributed by atoms with Crippen molar-refractivity contribution in [3.63, 3.8) is 0 Å². The van der Waals surface area contributed by atoms with E-state index in [0.29, 0.717) is 10.2 Å². The molecule has 11 heteroatoms. The Kier molecular flexibility index (Phi) is 4.77. The lowest BCUT2D eigenvalue weighted by molar-refractivity contribution is -0.388. The van der Waals surface area contributed by atoms with Crippen LogP contribution in [0.5, 0.6) is 0 Å². The Bertz CT molecular complexity index is 845. The lowest BCUT2D eigenvalue weighted by Crippen LogP contribution is -2.21. The number of alkyl halides is 3. The van der Waals surface area contributed by atoms with E-state index in [0.717, 1.165) is 13.0 Å². The molecule has 0 spiro atoms. The summed E-state index contributed by atoms with van der Waals surface area (Å²) in [7, 11) is 0. The predicted octanol–water partition coefficient (Wildman–Crippen LogP) is 3.20. The molecule has 134 valence electrons. The minimum atomic E-state index is -5.04. The molecule has 0 radical (unpaired) electrons. The highest BCUT2D eigenvalue weighted by atomic mass is 19.4. The second-order valence-corrected chi connectivity index (χ2v) is 5.23. The number of halogens is 4. The maximum absolute atomic E-state index is 13.6. The third-order valence-electron chi connectivity index (χ3n) is 3.32. The molecule has 1 heterocycles. The largest absolute Gasteiger partial charge is 0.442 e. The summed E-state index contributed by atoms with van der Waals surface area (Å²) in [5.41, 5.74) is -2.84. The van der Waals surface area contributed by atoms with Crippen LogP contribution in [0.2, 0.25) is 0 Å². The molecule has 0 fully saturated rings. The van der Waals surface area contributed by atoms with Crippen molar-refractivity contribution in [1.82, 2.24) is 9.78 Å². The van der Waals surface area contributed by atoms with Gasteiger partial charge in [-0.25, -0.2) is 4.39 Å². The van der Waals surface area contributed by atoms with Gasteiger partial charge in [-0.2, -0.15) is 18.3 Å². The highest BCUT2D eigenvalue weighted by molar-refractivity contribution is 5.90. The average Bonchev–Trinajstić information content (AvgIpc) is 2.80. The Morgan fingerprint density at radius 2 is 2.00 bits per heavy atom. The molecular weight excluding hydrogens is 348 g/mol. The first-order chi connectivity index (χ1) is 11.5. The van der Waals surface area contributed by atoms with E-state index in [-0.39, 0.29) is 5.69 Å². The molecule has 0 unspecified atom stereocenters. The standard InChI is InChI=1S/C14H12F4N4O3/c1-7-3-4-9(15)10(5-7)19-11(23)6-21-8(2)12(22(24)25)13(20-21)14(16,17)18/h3-5H,6H2,1-2H3,(H,19,23). The van der Waals surface area contributed by atoms with Gasteiger partial charge in [-0.15, -0.1) is 0 Å². The van der Waals surface area contributed by atoms with Crippen molar-refractivity contribution < 1.29 is 27.3 Å². The number of carbonyl (C=O) groups excluding carboxylic acids is 1. The van der Waals surface area contributed by atoms with E-state index in [1.165, 1.54) is 12.1 Å². The number of anilines is 1. The Balaban J connectivity index is 2.29. The number of amides is 1. The van der Waals surface area contributed by atoms with Crippen molar-refractivity contribution in [3.05, 3.63) is 51.1 Å². The second-order valence-electron chi connectivity index (χ2n) is 5.23. The van der Waals surface area contributed by atoms with E-state index in [1.54, 1.807) is 6.92 Å². The minimum absolute atomic E-state index is 0.152. The van der Waals surface area contributed by atoms with E-state index in [1.807, 2.05) is 0 Å². The van der Waals surface area contributed by atoms with Gasteiger partial charge in [0, 0.05) is 0 Å². The van der Waals surface area contributed by atoms with Crippen LogP contribution in [0.15, 0.2) is 18.2 Å². The SMILES string of the molecule is Cc1ccc(F)c(NC(=O)Cn2nc(C(F)(F)F)c([N+](=O)[O-])c2C)c1. The molecule has 1 amide bonds. The van der Waals surface area contributed by atoms with Crippen LogP contribution in [0, 0.1) is 29.8 Å². The summed E-state index contributed by atoms with van der Waals surface area (Å²) in [6.07, 6.45) is -5.04. The van der Waals surface area contributed by atoms with Crippen molar-refractivity contribution in [2.45, 2.75) is 26.6 Å². The molecule has 0 aliphatic rings. The third kappa shape index (κ3) is 3.92. The molecule has 0 saturated carbocycles. The molecule has 0 aliphatic carbocycles. The summed E-state index contributed by atoms with van der Waals surface area (Å²) >= 11 is 0. The molecule has 1 aromatic carbocycles. The number of nitrogens with zero attached hydrogens (tertiary/aromatic N) is 3. The highest BCUT2D eigenvalue weighted by Gasteiger charge is 2.44. The summed E-state index contributed by atoms with van der Waals surface area (Å²) in [6.45, 7) is 1.96. The molecular formula is C14H12F4N4O3.